The highest BCUT2D eigenvalue weighted by Crippen LogP contribution is 1.91. The Balaban J connectivity index is 2.88. The van der Waals surface area contributed by atoms with Crippen molar-refractivity contribution in [3.8, 4) is 0 Å². The van der Waals surface area contributed by atoms with E-state index >= 15 is 0 Å². The molecule has 0 aromatic rings. The molecule has 0 aromatic heterocycles. The Kier molecular flexibility index (Phi) is 5.93. The number of rotatable bonds is 5. The van der Waals surface area contributed by atoms with Gasteiger partial charge in [0.2, 0.25) is 0 Å². The number of aliphatic hydroxyl groups is 2. The standard InChI is InChI=1S/C6H14O3/c1-6(4-8)5-9-3-2-7/h6-8H,2-5H2,1H3. The van der Waals surface area contributed by atoms with Crippen LogP contribution in [0.3, 0.4) is 0 Å². The maximum atomic E-state index is 8.49. The molecule has 0 amide bonds. The van der Waals surface area contributed by atoms with Crippen LogP contribution in [-0.2, 0) is 4.74 Å². The summed E-state index contributed by atoms with van der Waals surface area (Å²) >= 11 is 0. The van der Waals surface area contributed by atoms with Crippen LogP contribution in [-0.4, -0.2) is 36.6 Å². The Morgan fingerprint density at radius 1 is 1.44 bits per heavy atom. The summed E-state index contributed by atoms with van der Waals surface area (Å²) in [5.74, 6) is 0.177. The zero-order chi connectivity index (χ0) is 7.11. The van der Waals surface area contributed by atoms with Crippen LogP contribution in [0.1, 0.15) is 6.92 Å². The molecule has 9 heavy (non-hydrogen) atoms. The summed E-state index contributed by atoms with van der Waals surface area (Å²) in [5, 5.41) is 16.8. The van der Waals surface area contributed by atoms with Crippen molar-refractivity contribution in [1.29, 1.82) is 0 Å². The third-order valence-corrected chi connectivity index (χ3v) is 0.950. The second-order valence-corrected chi connectivity index (χ2v) is 2.09. The smallest absolute Gasteiger partial charge is 0.0697 e. The van der Waals surface area contributed by atoms with Crippen LogP contribution in [0.4, 0.5) is 0 Å². The van der Waals surface area contributed by atoms with Crippen molar-refractivity contribution in [3.63, 3.8) is 0 Å². The Morgan fingerprint density at radius 3 is 2.56 bits per heavy atom. The molecule has 0 bridgehead atoms. The monoisotopic (exact) mass is 134 g/mol. The summed E-state index contributed by atoms with van der Waals surface area (Å²) in [6, 6.07) is 0. The average Bonchev–Trinajstić information content (AvgIpc) is 1.89. The van der Waals surface area contributed by atoms with Crippen LogP contribution in [0, 0.1) is 5.92 Å². The van der Waals surface area contributed by atoms with E-state index < -0.39 is 0 Å². The van der Waals surface area contributed by atoms with Gasteiger partial charge in [0.15, 0.2) is 0 Å². The Morgan fingerprint density at radius 2 is 2.11 bits per heavy atom. The maximum Gasteiger partial charge on any atom is 0.0697 e. The van der Waals surface area contributed by atoms with Crippen LogP contribution in [0.15, 0.2) is 0 Å². The maximum absolute atomic E-state index is 8.49. The predicted octanol–water partition coefficient (Wildman–Crippen LogP) is -0.376. The summed E-state index contributed by atoms with van der Waals surface area (Å²) in [7, 11) is 0. The molecule has 0 aliphatic carbocycles. The third-order valence-electron chi connectivity index (χ3n) is 0.950. The van der Waals surface area contributed by atoms with E-state index in [1.54, 1.807) is 0 Å². The molecule has 3 heteroatoms. The Hall–Kier alpha value is -0.120. The normalized spacial score (nSPS) is 13.7. The first kappa shape index (κ1) is 8.88. The van der Waals surface area contributed by atoms with Crippen molar-refractivity contribution in [2.45, 2.75) is 6.92 Å². The first-order valence-corrected chi connectivity index (χ1v) is 3.10. The van der Waals surface area contributed by atoms with Crippen molar-refractivity contribution < 1.29 is 14.9 Å². The van der Waals surface area contributed by atoms with E-state index in [9.17, 15) is 0 Å². The van der Waals surface area contributed by atoms with Crippen molar-refractivity contribution in [2.24, 2.45) is 5.92 Å². The van der Waals surface area contributed by atoms with Crippen molar-refractivity contribution in [3.05, 3.63) is 0 Å². The fourth-order valence-electron chi connectivity index (χ4n) is 0.402. The molecule has 0 rings (SSSR count). The van der Waals surface area contributed by atoms with E-state index in [0.29, 0.717) is 13.2 Å². The molecule has 0 radical (unpaired) electrons. The van der Waals surface area contributed by atoms with Gasteiger partial charge in [-0.1, -0.05) is 6.92 Å². The van der Waals surface area contributed by atoms with Gasteiger partial charge in [0.25, 0.3) is 0 Å². The second-order valence-electron chi connectivity index (χ2n) is 2.09. The molecule has 0 spiro atoms. The SMILES string of the molecule is CC(CO)COCCO. The highest BCUT2D eigenvalue weighted by atomic mass is 16.5. The van der Waals surface area contributed by atoms with E-state index in [2.05, 4.69) is 0 Å². The zero-order valence-corrected chi connectivity index (χ0v) is 5.71. The van der Waals surface area contributed by atoms with Gasteiger partial charge >= 0.3 is 0 Å². The number of hydrogen-bond donors (Lipinski definition) is 2. The highest BCUT2D eigenvalue weighted by Gasteiger charge is 1.97. The molecule has 2 N–H and O–H groups in total. The molecular formula is C6H14O3. The van der Waals surface area contributed by atoms with E-state index in [4.69, 9.17) is 14.9 Å². The largest absolute Gasteiger partial charge is 0.396 e. The molecule has 3 nitrogen and oxygen atoms in total. The van der Waals surface area contributed by atoms with Gasteiger partial charge in [0, 0.05) is 12.5 Å². The first-order chi connectivity index (χ1) is 4.31. The lowest BCUT2D eigenvalue weighted by Gasteiger charge is -2.06. The van der Waals surface area contributed by atoms with E-state index in [1.807, 2.05) is 6.92 Å². The zero-order valence-electron chi connectivity index (χ0n) is 5.71. The van der Waals surface area contributed by atoms with Gasteiger partial charge in [0.05, 0.1) is 19.8 Å². The molecule has 0 aliphatic heterocycles. The minimum absolute atomic E-state index is 0.0537. The molecule has 0 aliphatic rings. The van der Waals surface area contributed by atoms with Crippen molar-refractivity contribution in [2.75, 3.05) is 26.4 Å². The molecular weight excluding hydrogens is 120 g/mol. The molecule has 0 saturated carbocycles. The molecule has 0 saturated heterocycles. The Bertz CT molecular complexity index is 56.3. The van der Waals surface area contributed by atoms with E-state index in [0.717, 1.165) is 0 Å². The molecule has 56 valence electrons. The number of ether oxygens (including phenoxy) is 1. The van der Waals surface area contributed by atoms with Crippen LogP contribution >= 0.6 is 0 Å². The van der Waals surface area contributed by atoms with Crippen molar-refractivity contribution >= 4 is 0 Å². The van der Waals surface area contributed by atoms with Gasteiger partial charge in [-0.05, 0) is 0 Å². The quantitative estimate of drug-likeness (QED) is 0.504. The van der Waals surface area contributed by atoms with Gasteiger partial charge in [-0.2, -0.15) is 0 Å². The highest BCUT2D eigenvalue weighted by molar-refractivity contribution is 4.45. The van der Waals surface area contributed by atoms with Crippen LogP contribution in [0.2, 0.25) is 0 Å². The van der Waals surface area contributed by atoms with Gasteiger partial charge in [-0.15, -0.1) is 0 Å². The van der Waals surface area contributed by atoms with Gasteiger partial charge in [-0.3, -0.25) is 0 Å². The molecule has 0 heterocycles. The summed E-state index contributed by atoms with van der Waals surface area (Å²) in [6.45, 7) is 2.97. The fraction of sp³-hybridized carbons (Fsp3) is 1.00. The van der Waals surface area contributed by atoms with Crippen molar-refractivity contribution in [1.82, 2.24) is 0 Å². The van der Waals surface area contributed by atoms with Crippen LogP contribution in [0.25, 0.3) is 0 Å². The minimum atomic E-state index is 0.0537. The lowest BCUT2D eigenvalue weighted by atomic mass is 10.2. The average molecular weight is 134 g/mol. The second kappa shape index (κ2) is 6.01. The summed E-state index contributed by atoms with van der Waals surface area (Å²) < 4.78 is 4.93. The summed E-state index contributed by atoms with van der Waals surface area (Å²) in [4.78, 5) is 0. The van der Waals surface area contributed by atoms with Gasteiger partial charge in [0.1, 0.15) is 0 Å². The summed E-state index contributed by atoms with van der Waals surface area (Å²) in [6.07, 6.45) is 0. The Labute approximate surface area is 55.3 Å². The first-order valence-electron chi connectivity index (χ1n) is 3.10. The predicted molar refractivity (Wildman–Crippen MR) is 34.2 cm³/mol. The minimum Gasteiger partial charge on any atom is -0.396 e. The molecule has 0 aromatic carbocycles. The van der Waals surface area contributed by atoms with E-state index in [-0.39, 0.29) is 19.1 Å². The molecule has 0 fully saturated rings. The van der Waals surface area contributed by atoms with Crippen LogP contribution < -0.4 is 0 Å². The molecule has 1 unspecified atom stereocenters. The number of hydrogen-bond acceptors (Lipinski definition) is 3. The summed E-state index contributed by atoms with van der Waals surface area (Å²) in [5.41, 5.74) is 0. The van der Waals surface area contributed by atoms with Crippen LogP contribution in [0.5, 0.6) is 0 Å². The van der Waals surface area contributed by atoms with E-state index in [1.165, 1.54) is 0 Å². The third kappa shape index (κ3) is 5.76. The van der Waals surface area contributed by atoms with Gasteiger partial charge < -0.3 is 14.9 Å². The van der Waals surface area contributed by atoms with Gasteiger partial charge in [-0.25, -0.2) is 0 Å². The molecule has 1 atom stereocenters. The fourth-order valence-corrected chi connectivity index (χ4v) is 0.402. The lowest BCUT2D eigenvalue weighted by Crippen LogP contribution is -2.11. The topological polar surface area (TPSA) is 49.7 Å². The number of aliphatic hydroxyl groups excluding tert-OH is 2. The lowest BCUT2D eigenvalue weighted by molar-refractivity contribution is 0.0554.